The Morgan fingerprint density at radius 3 is 1.46 bits per heavy atom. The number of hydrogen-bond acceptors (Lipinski definition) is 0. The molecule has 0 fully saturated rings. The van der Waals surface area contributed by atoms with Crippen LogP contribution in [0.4, 0.5) is 0 Å². The molecule has 6 rings (SSSR count). The van der Waals surface area contributed by atoms with Crippen molar-refractivity contribution >= 4 is 24.8 Å². The molecule has 1 aliphatic rings. The first-order chi connectivity index (χ1) is 21.5. The van der Waals surface area contributed by atoms with Gasteiger partial charge in [-0.15, -0.1) is 39.7 Å². The molecule has 0 aliphatic heterocycles. The maximum atomic E-state index is 3.63. The number of aryl methyl sites for hydroxylation is 2. The molecule has 0 bridgehead atoms. The summed E-state index contributed by atoms with van der Waals surface area (Å²) in [6.07, 6.45) is 10.6. The molecule has 240 valence electrons. The third-order valence-corrected chi connectivity index (χ3v) is 10.2. The molecule has 0 heterocycles. The van der Waals surface area contributed by atoms with Gasteiger partial charge in [-0.1, -0.05) is 109 Å². The summed E-state index contributed by atoms with van der Waals surface area (Å²) in [6.45, 7) is 13.5. The van der Waals surface area contributed by atoms with E-state index in [1.165, 1.54) is 96.1 Å². The standard InChI is InChI=1S/C17H17.C13H10.C13H21.2ClH.Zr/c1-3-12-5-7-16-14(9-12)11-15-10-13(4-2)6-8-17(15)16;1-3-7-12(8-4-1)11-13-9-5-2-6-10-13;1-5-10-9-11(6-2)13(8-4)12(10)7-3;;;/h5-11H,3-4H2,1-2H3;1-10H;10H,5-8H2,1-4H3;2*1H;/q-1;;-1;;;+2/p-2. The van der Waals surface area contributed by atoms with Crippen molar-refractivity contribution in [3.63, 3.8) is 0 Å². The van der Waals surface area contributed by atoms with Gasteiger partial charge in [0.2, 0.25) is 0 Å². The zero-order valence-corrected chi connectivity index (χ0v) is 32.4. The molecule has 0 N–H and O–H groups in total. The van der Waals surface area contributed by atoms with Crippen molar-refractivity contribution in [1.82, 2.24) is 0 Å². The van der Waals surface area contributed by atoms with Crippen molar-refractivity contribution in [2.75, 3.05) is 0 Å². The second kappa shape index (κ2) is 20.0. The first-order valence-corrected chi connectivity index (χ1v) is 17.8. The molecule has 5 aromatic carbocycles. The Morgan fingerprint density at radius 1 is 0.609 bits per heavy atom. The average molecular weight is 727 g/mol. The molecule has 0 aromatic heterocycles. The molecular formula is C43H48Cl2Zr-2. The fourth-order valence-corrected chi connectivity index (χ4v) is 7.11. The van der Waals surface area contributed by atoms with E-state index in [1.54, 1.807) is 11.1 Å². The molecule has 3 heteroatoms. The van der Waals surface area contributed by atoms with Crippen molar-refractivity contribution in [3.05, 3.63) is 148 Å². The van der Waals surface area contributed by atoms with E-state index >= 15 is 0 Å². The summed E-state index contributed by atoms with van der Waals surface area (Å²) in [6, 6.07) is 37.1. The molecule has 5 aromatic rings. The van der Waals surface area contributed by atoms with E-state index in [0.717, 1.165) is 19.3 Å². The Hall–Kier alpha value is -2.44. The van der Waals surface area contributed by atoms with Crippen LogP contribution in [0.3, 0.4) is 0 Å². The Morgan fingerprint density at radius 2 is 1.09 bits per heavy atom. The van der Waals surface area contributed by atoms with E-state index in [0.29, 0.717) is 5.92 Å². The van der Waals surface area contributed by atoms with E-state index < -0.39 is 0 Å². The summed E-state index contributed by atoms with van der Waals surface area (Å²) in [5, 5.41) is 5.54. The fourth-order valence-electron chi connectivity index (χ4n) is 6.29. The van der Waals surface area contributed by atoms with E-state index in [4.69, 9.17) is 0 Å². The summed E-state index contributed by atoms with van der Waals surface area (Å²) >= 11 is 1.46. The third-order valence-electron chi connectivity index (χ3n) is 8.79. The molecule has 0 saturated heterocycles. The van der Waals surface area contributed by atoms with Crippen molar-refractivity contribution in [3.8, 4) is 0 Å². The molecule has 1 unspecified atom stereocenters. The molecule has 0 nitrogen and oxygen atoms in total. The van der Waals surface area contributed by atoms with Gasteiger partial charge in [0, 0.05) is 0 Å². The van der Waals surface area contributed by atoms with E-state index in [1.807, 2.05) is 0 Å². The number of rotatable bonds is 8. The molecule has 0 saturated carbocycles. The number of allylic oxidation sites excluding steroid dienone is 4. The molecule has 46 heavy (non-hydrogen) atoms. The van der Waals surface area contributed by atoms with Gasteiger partial charge in [0.15, 0.2) is 0 Å². The predicted molar refractivity (Wildman–Crippen MR) is 190 cm³/mol. The van der Waals surface area contributed by atoms with E-state index in [2.05, 4.69) is 151 Å². The van der Waals surface area contributed by atoms with Crippen LogP contribution in [-0.4, -0.2) is 3.21 Å². The second-order valence-corrected chi connectivity index (χ2v) is 12.7. The predicted octanol–water partition coefficient (Wildman–Crippen LogP) is 5.93. The van der Waals surface area contributed by atoms with Crippen LogP contribution in [-0.2, 0) is 37.1 Å². The SMILES string of the molecule is CCC1=[C-]C(CC)C(CC)=C1CC.CCc1ccc2c(c1)[cH-]c1cc(CC)ccc12.[Cl-].[Cl-].[Zr+2]=[C](c1ccccc1)c1ccccc1. The number of fused-ring (bicyclic) bond motifs is 3. The molecule has 0 spiro atoms. The number of halogens is 2. The van der Waals surface area contributed by atoms with Gasteiger partial charge in [0.1, 0.15) is 0 Å². The van der Waals surface area contributed by atoms with Gasteiger partial charge in [-0.3, -0.25) is 6.08 Å². The average Bonchev–Trinajstić information content (AvgIpc) is 3.65. The van der Waals surface area contributed by atoms with Gasteiger partial charge in [-0.05, 0) is 12.8 Å². The second-order valence-electron chi connectivity index (χ2n) is 11.4. The molecule has 0 radical (unpaired) electrons. The normalized spacial score (nSPS) is 13.6. The van der Waals surface area contributed by atoms with Gasteiger partial charge < -0.3 is 24.8 Å². The minimum absolute atomic E-state index is 0. The summed E-state index contributed by atoms with van der Waals surface area (Å²) < 4.78 is 1.42. The van der Waals surface area contributed by atoms with Crippen LogP contribution in [0.1, 0.15) is 89.5 Å². The summed E-state index contributed by atoms with van der Waals surface area (Å²) in [5.74, 6) is 0.634. The number of hydrogen-bond donors (Lipinski definition) is 0. The van der Waals surface area contributed by atoms with E-state index in [9.17, 15) is 0 Å². The van der Waals surface area contributed by atoms with Crippen molar-refractivity contribution in [2.45, 2.75) is 80.1 Å². The number of benzene rings is 4. The molecule has 1 aliphatic carbocycles. The van der Waals surface area contributed by atoms with Gasteiger partial charge in [0.05, 0.1) is 0 Å². The first-order valence-electron chi connectivity index (χ1n) is 16.6. The first kappa shape index (κ1) is 39.7. The van der Waals surface area contributed by atoms with Crippen LogP contribution < -0.4 is 24.8 Å². The Bertz CT molecular complexity index is 1630. The van der Waals surface area contributed by atoms with Crippen LogP contribution in [0.5, 0.6) is 0 Å². The van der Waals surface area contributed by atoms with Gasteiger partial charge in [0.25, 0.3) is 0 Å². The third kappa shape index (κ3) is 9.79. The fraction of sp³-hybridized carbons (Fsp3) is 0.302. The molecule has 0 amide bonds. The minimum atomic E-state index is 0. The Balaban J connectivity index is 0.000000238. The topological polar surface area (TPSA) is 0 Å². The molecular weight excluding hydrogens is 679 g/mol. The zero-order valence-electron chi connectivity index (χ0n) is 28.4. The Kier molecular flexibility index (Phi) is 17.3. The van der Waals surface area contributed by atoms with Crippen molar-refractivity contribution in [1.29, 1.82) is 0 Å². The zero-order chi connectivity index (χ0) is 31.5. The van der Waals surface area contributed by atoms with E-state index in [-0.39, 0.29) is 24.8 Å². The van der Waals surface area contributed by atoms with Crippen molar-refractivity contribution < 1.29 is 49.0 Å². The summed E-state index contributed by atoms with van der Waals surface area (Å²) in [7, 11) is 0. The van der Waals surface area contributed by atoms with Crippen LogP contribution in [0, 0.1) is 12.0 Å². The summed E-state index contributed by atoms with van der Waals surface area (Å²) in [4.78, 5) is 0. The molecule has 1 atom stereocenters. The Labute approximate surface area is 305 Å². The summed E-state index contributed by atoms with van der Waals surface area (Å²) in [5.41, 5.74) is 10.3. The van der Waals surface area contributed by atoms with Crippen LogP contribution in [0.15, 0.2) is 120 Å². The monoisotopic (exact) mass is 724 g/mol. The van der Waals surface area contributed by atoms with Gasteiger partial charge in [-0.2, -0.15) is 11.1 Å². The van der Waals surface area contributed by atoms with Crippen molar-refractivity contribution in [2.24, 2.45) is 5.92 Å². The van der Waals surface area contributed by atoms with Crippen LogP contribution >= 0.6 is 0 Å². The maximum absolute atomic E-state index is 3.63. The van der Waals surface area contributed by atoms with Gasteiger partial charge >= 0.3 is 99.2 Å². The van der Waals surface area contributed by atoms with Crippen LogP contribution in [0.25, 0.3) is 21.5 Å². The quantitative estimate of drug-likeness (QED) is 0.174. The van der Waals surface area contributed by atoms with Crippen LogP contribution in [0.2, 0.25) is 0 Å². The van der Waals surface area contributed by atoms with Gasteiger partial charge in [-0.25, -0.2) is 5.57 Å².